The molecule has 0 fully saturated rings. The lowest BCUT2D eigenvalue weighted by Gasteiger charge is -2.29. The zero-order valence-corrected chi connectivity index (χ0v) is 14.9. The van der Waals surface area contributed by atoms with Gasteiger partial charge in [0.25, 0.3) is 0 Å². The third-order valence-corrected chi connectivity index (χ3v) is 4.29. The van der Waals surface area contributed by atoms with Crippen LogP contribution in [0, 0.1) is 27.4 Å². The van der Waals surface area contributed by atoms with Crippen molar-refractivity contribution in [3.05, 3.63) is 33.9 Å². The van der Waals surface area contributed by atoms with Crippen molar-refractivity contribution in [1.29, 1.82) is 0 Å². The van der Waals surface area contributed by atoms with Gasteiger partial charge in [0.1, 0.15) is 0 Å². The van der Waals surface area contributed by atoms with Crippen molar-refractivity contribution in [2.45, 2.75) is 54.4 Å². The van der Waals surface area contributed by atoms with Crippen molar-refractivity contribution < 1.29 is 14.5 Å². The summed E-state index contributed by atoms with van der Waals surface area (Å²) in [7, 11) is 0. The van der Waals surface area contributed by atoms with Crippen molar-refractivity contribution in [2.75, 3.05) is 0 Å². The van der Waals surface area contributed by atoms with Crippen LogP contribution in [-0.2, 0) is 11.2 Å². The van der Waals surface area contributed by atoms with Crippen LogP contribution in [-0.4, -0.2) is 10.9 Å². The van der Waals surface area contributed by atoms with E-state index in [9.17, 15) is 14.9 Å². The van der Waals surface area contributed by atoms with Crippen molar-refractivity contribution in [3.63, 3.8) is 0 Å². The number of carbonyl (C=O) groups is 1. The van der Waals surface area contributed by atoms with Crippen LogP contribution < -0.4 is 4.74 Å². The molecule has 23 heavy (non-hydrogen) atoms. The fourth-order valence-electron chi connectivity index (χ4n) is 2.52. The van der Waals surface area contributed by atoms with Crippen molar-refractivity contribution in [1.82, 2.24) is 0 Å². The SMILES string of the molecule is CC(=O)Oc1ccc(C[C@H](C)CC(C)C(C)(C)C)cc1[N+](=O)[O-]. The number of ether oxygens (including phenoxy) is 1. The number of hydrogen-bond donors (Lipinski definition) is 0. The summed E-state index contributed by atoms with van der Waals surface area (Å²) in [5.41, 5.74) is 0.981. The highest BCUT2D eigenvalue weighted by Crippen LogP contribution is 2.33. The number of rotatable bonds is 6. The molecule has 0 N–H and O–H groups in total. The smallest absolute Gasteiger partial charge is 0.311 e. The Kier molecular flexibility index (Phi) is 6.30. The van der Waals surface area contributed by atoms with Crippen LogP contribution in [0.15, 0.2) is 18.2 Å². The van der Waals surface area contributed by atoms with E-state index in [4.69, 9.17) is 4.74 Å². The van der Waals surface area contributed by atoms with E-state index in [2.05, 4.69) is 34.6 Å². The molecule has 0 saturated heterocycles. The average molecular weight is 321 g/mol. The molecule has 1 rings (SSSR count). The van der Waals surface area contributed by atoms with Crippen LogP contribution in [0.2, 0.25) is 0 Å². The maximum atomic E-state index is 11.2. The molecule has 0 heterocycles. The second kappa shape index (κ2) is 7.57. The second-order valence-corrected chi connectivity index (χ2v) is 7.46. The van der Waals surface area contributed by atoms with Crippen LogP contribution in [0.4, 0.5) is 5.69 Å². The van der Waals surface area contributed by atoms with E-state index in [1.54, 1.807) is 6.07 Å². The fourth-order valence-corrected chi connectivity index (χ4v) is 2.52. The lowest BCUT2D eigenvalue weighted by atomic mass is 9.76. The molecule has 0 radical (unpaired) electrons. The van der Waals surface area contributed by atoms with E-state index < -0.39 is 10.9 Å². The average Bonchev–Trinajstić information content (AvgIpc) is 2.38. The van der Waals surface area contributed by atoms with Gasteiger partial charge in [-0.2, -0.15) is 0 Å². The van der Waals surface area contributed by atoms with E-state index in [1.807, 2.05) is 0 Å². The predicted molar refractivity (Wildman–Crippen MR) is 90.5 cm³/mol. The summed E-state index contributed by atoms with van der Waals surface area (Å²) in [5.74, 6) is 0.423. The minimum absolute atomic E-state index is 0.00182. The normalized spacial score (nSPS) is 14.2. The Morgan fingerprint density at radius 2 is 1.91 bits per heavy atom. The summed E-state index contributed by atoms with van der Waals surface area (Å²) in [5, 5.41) is 11.2. The number of esters is 1. The Morgan fingerprint density at radius 3 is 2.39 bits per heavy atom. The molecule has 0 bridgehead atoms. The lowest BCUT2D eigenvalue weighted by Crippen LogP contribution is -2.20. The van der Waals surface area contributed by atoms with E-state index in [-0.39, 0.29) is 16.9 Å². The van der Waals surface area contributed by atoms with E-state index in [0.29, 0.717) is 11.8 Å². The molecule has 0 aliphatic carbocycles. The first-order chi connectivity index (χ1) is 10.5. The lowest BCUT2D eigenvalue weighted by molar-refractivity contribution is -0.385. The number of nitrogens with zero attached hydrogens (tertiary/aromatic N) is 1. The van der Waals surface area contributed by atoms with Crippen LogP contribution in [0.5, 0.6) is 5.75 Å². The molecule has 1 unspecified atom stereocenters. The first kappa shape index (κ1) is 19.1. The molecule has 5 heteroatoms. The summed E-state index contributed by atoms with van der Waals surface area (Å²) >= 11 is 0. The van der Waals surface area contributed by atoms with Crippen LogP contribution in [0.1, 0.15) is 53.5 Å². The van der Waals surface area contributed by atoms with Gasteiger partial charge in [-0.1, -0.05) is 40.7 Å². The molecule has 2 atom stereocenters. The van der Waals surface area contributed by atoms with Gasteiger partial charge in [0, 0.05) is 13.0 Å². The number of carbonyl (C=O) groups excluding carboxylic acids is 1. The maximum Gasteiger partial charge on any atom is 0.311 e. The van der Waals surface area contributed by atoms with E-state index >= 15 is 0 Å². The molecule has 5 nitrogen and oxygen atoms in total. The highest BCUT2D eigenvalue weighted by Gasteiger charge is 2.23. The minimum atomic E-state index is -0.562. The molecule has 0 saturated carbocycles. The van der Waals surface area contributed by atoms with Gasteiger partial charge in [-0.25, -0.2) is 0 Å². The van der Waals surface area contributed by atoms with Gasteiger partial charge in [0.05, 0.1) is 4.92 Å². The first-order valence-corrected chi connectivity index (χ1v) is 7.96. The van der Waals surface area contributed by atoms with Gasteiger partial charge in [-0.05, 0) is 41.7 Å². The van der Waals surface area contributed by atoms with Crippen molar-refractivity contribution in [3.8, 4) is 5.75 Å². The molecular formula is C18H27NO4. The molecule has 0 spiro atoms. The summed E-state index contributed by atoms with van der Waals surface area (Å²) in [6.45, 7) is 12.3. The second-order valence-electron chi connectivity index (χ2n) is 7.46. The van der Waals surface area contributed by atoms with Gasteiger partial charge in [0.15, 0.2) is 0 Å². The van der Waals surface area contributed by atoms with E-state index in [1.165, 1.54) is 19.1 Å². The standard InChI is InChI=1S/C18H27NO4/c1-12(9-13(2)18(4,5)6)10-15-7-8-17(23-14(3)20)16(11-15)19(21)22/h7-8,11-13H,9-10H2,1-6H3/t12-,13?/m1/s1. The summed E-state index contributed by atoms with van der Waals surface area (Å²) < 4.78 is 4.90. The number of nitro benzene ring substituents is 1. The molecule has 128 valence electrons. The number of hydrogen-bond acceptors (Lipinski definition) is 4. The first-order valence-electron chi connectivity index (χ1n) is 7.96. The Morgan fingerprint density at radius 1 is 1.30 bits per heavy atom. The zero-order valence-electron chi connectivity index (χ0n) is 14.9. The van der Waals surface area contributed by atoms with Crippen LogP contribution in [0.25, 0.3) is 0 Å². The van der Waals surface area contributed by atoms with E-state index in [0.717, 1.165) is 18.4 Å². The number of nitro groups is 1. The largest absolute Gasteiger partial charge is 0.419 e. The fraction of sp³-hybridized carbons (Fsp3) is 0.611. The van der Waals surface area contributed by atoms with Crippen LogP contribution in [0.3, 0.4) is 0 Å². The Labute approximate surface area is 138 Å². The van der Waals surface area contributed by atoms with Gasteiger partial charge >= 0.3 is 11.7 Å². The Hall–Kier alpha value is -1.91. The zero-order chi connectivity index (χ0) is 17.8. The topological polar surface area (TPSA) is 69.4 Å². The van der Waals surface area contributed by atoms with Crippen molar-refractivity contribution >= 4 is 11.7 Å². The van der Waals surface area contributed by atoms with Gasteiger partial charge in [0.2, 0.25) is 5.75 Å². The highest BCUT2D eigenvalue weighted by molar-refractivity contribution is 5.71. The molecule has 0 aliphatic rings. The Balaban J connectivity index is 2.87. The molecule has 0 amide bonds. The molecule has 1 aromatic carbocycles. The molecule has 0 aromatic heterocycles. The third kappa shape index (κ3) is 6.00. The Bertz CT molecular complexity index is 575. The predicted octanol–water partition coefficient (Wildman–Crippen LogP) is 4.77. The highest BCUT2D eigenvalue weighted by atomic mass is 16.6. The van der Waals surface area contributed by atoms with Crippen molar-refractivity contribution in [2.24, 2.45) is 17.3 Å². The molecular weight excluding hydrogens is 294 g/mol. The number of benzene rings is 1. The van der Waals surface area contributed by atoms with Crippen LogP contribution >= 0.6 is 0 Å². The molecule has 1 aromatic rings. The summed E-state index contributed by atoms with van der Waals surface area (Å²) in [6.07, 6.45) is 1.82. The van der Waals surface area contributed by atoms with Gasteiger partial charge in [-0.15, -0.1) is 0 Å². The summed E-state index contributed by atoms with van der Waals surface area (Å²) in [6, 6.07) is 4.81. The quantitative estimate of drug-likeness (QED) is 0.327. The minimum Gasteiger partial charge on any atom is -0.419 e. The van der Waals surface area contributed by atoms with Gasteiger partial charge < -0.3 is 4.74 Å². The van der Waals surface area contributed by atoms with Gasteiger partial charge in [-0.3, -0.25) is 14.9 Å². The maximum absolute atomic E-state index is 11.2. The monoisotopic (exact) mass is 321 g/mol. The third-order valence-electron chi connectivity index (χ3n) is 4.29. The summed E-state index contributed by atoms with van der Waals surface area (Å²) in [4.78, 5) is 21.7. The molecule has 0 aliphatic heterocycles.